The molecule has 3 nitrogen and oxygen atoms in total. The number of carboxylic acids is 1. The Labute approximate surface area is 92.7 Å². The number of hydrogen-bond acceptors (Lipinski definition) is 2. The Hall–Kier alpha value is -1.13. The molecule has 0 fully saturated rings. The van der Waals surface area contributed by atoms with Crippen LogP contribution < -0.4 is 5.32 Å². The topological polar surface area (TPSA) is 49.3 Å². The molecule has 15 heavy (non-hydrogen) atoms. The van der Waals surface area contributed by atoms with E-state index in [-0.39, 0.29) is 18.2 Å². The summed E-state index contributed by atoms with van der Waals surface area (Å²) in [5, 5.41) is 11.8. The summed E-state index contributed by atoms with van der Waals surface area (Å²) in [6, 6.07) is 3.54. The summed E-state index contributed by atoms with van der Waals surface area (Å²) in [5.74, 6) is -1.23. The molecule has 1 aliphatic heterocycles. The van der Waals surface area contributed by atoms with Gasteiger partial charge >= 0.3 is 5.97 Å². The van der Waals surface area contributed by atoms with Crippen LogP contribution in [0.4, 0.5) is 4.39 Å². The van der Waals surface area contributed by atoms with Crippen LogP contribution in [0, 0.1) is 5.82 Å². The van der Waals surface area contributed by atoms with E-state index in [2.05, 4.69) is 5.32 Å². The predicted octanol–water partition coefficient (Wildman–Crippen LogP) is 1.52. The zero-order valence-corrected chi connectivity index (χ0v) is 8.68. The van der Waals surface area contributed by atoms with Crippen molar-refractivity contribution < 1.29 is 14.3 Å². The highest BCUT2D eigenvalue weighted by atomic mass is 35.5. The summed E-state index contributed by atoms with van der Waals surface area (Å²) < 4.78 is 12.9. The molecule has 0 aromatic heterocycles. The number of halogens is 2. The van der Waals surface area contributed by atoms with Crippen molar-refractivity contribution >= 4 is 18.4 Å². The molecule has 0 radical (unpaired) electrons. The lowest BCUT2D eigenvalue weighted by atomic mass is 9.94. The highest BCUT2D eigenvalue weighted by Crippen LogP contribution is 2.23. The number of benzene rings is 1. The molecular formula is C10H11ClFNO2. The SMILES string of the molecule is Cl.O=C(O)C1NCCc2cc(F)ccc21. The fourth-order valence-corrected chi connectivity index (χ4v) is 1.75. The summed E-state index contributed by atoms with van der Waals surface area (Å²) in [6.07, 6.45) is 0.677. The van der Waals surface area contributed by atoms with E-state index in [0.717, 1.165) is 5.56 Å². The second-order valence-corrected chi connectivity index (χ2v) is 3.32. The minimum absolute atomic E-state index is 0. The second-order valence-electron chi connectivity index (χ2n) is 3.32. The minimum atomic E-state index is -0.919. The monoisotopic (exact) mass is 231 g/mol. The minimum Gasteiger partial charge on any atom is -0.480 e. The molecule has 82 valence electrons. The van der Waals surface area contributed by atoms with E-state index in [1.807, 2.05) is 0 Å². The van der Waals surface area contributed by atoms with Gasteiger partial charge in [-0.3, -0.25) is 4.79 Å². The first kappa shape index (κ1) is 11.9. The molecule has 2 N–H and O–H groups in total. The van der Waals surface area contributed by atoms with Crippen molar-refractivity contribution in [3.63, 3.8) is 0 Å². The number of carboxylic acid groups (broad SMARTS) is 1. The first-order valence-electron chi connectivity index (χ1n) is 4.43. The molecule has 0 saturated heterocycles. The molecule has 1 atom stereocenters. The van der Waals surface area contributed by atoms with Crippen LogP contribution in [-0.4, -0.2) is 17.6 Å². The lowest BCUT2D eigenvalue weighted by molar-refractivity contribution is -0.139. The van der Waals surface area contributed by atoms with Gasteiger partial charge in [-0.25, -0.2) is 4.39 Å². The lowest BCUT2D eigenvalue weighted by Gasteiger charge is -2.23. The Bertz CT molecular complexity index is 384. The van der Waals surface area contributed by atoms with E-state index in [4.69, 9.17) is 5.11 Å². The second kappa shape index (κ2) is 4.59. The summed E-state index contributed by atoms with van der Waals surface area (Å²) in [4.78, 5) is 10.8. The van der Waals surface area contributed by atoms with Gasteiger partial charge in [-0.15, -0.1) is 12.4 Å². The maximum atomic E-state index is 12.9. The maximum absolute atomic E-state index is 12.9. The van der Waals surface area contributed by atoms with Crippen LogP contribution in [0.3, 0.4) is 0 Å². The van der Waals surface area contributed by atoms with Gasteiger partial charge in [-0.05, 0) is 29.7 Å². The molecule has 1 heterocycles. The van der Waals surface area contributed by atoms with Crippen LogP contribution in [0.2, 0.25) is 0 Å². The summed E-state index contributed by atoms with van der Waals surface area (Å²) in [7, 11) is 0. The Kier molecular flexibility index (Phi) is 3.66. The van der Waals surface area contributed by atoms with Gasteiger partial charge < -0.3 is 10.4 Å². The quantitative estimate of drug-likeness (QED) is 0.771. The van der Waals surface area contributed by atoms with E-state index in [1.165, 1.54) is 18.2 Å². The molecular weight excluding hydrogens is 221 g/mol. The number of fused-ring (bicyclic) bond motifs is 1. The van der Waals surface area contributed by atoms with Gasteiger partial charge in [0.15, 0.2) is 0 Å². The van der Waals surface area contributed by atoms with Crippen LogP contribution in [-0.2, 0) is 11.2 Å². The highest BCUT2D eigenvalue weighted by Gasteiger charge is 2.25. The fourth-order valence-electron chi connectivity index (χ4n) is 1.75. The van der Waals surface area contributed by atoms with Crippen molar-refractivity contribution in [1.82, 2.24) is 5.32 Å². The number of nitrogens with one attached hydrogen (secondary N) is 1. The number of carbonyl (C=O) groups is 1. The first-order valence-corrected chi connectivity index (χ1v) is 4.43. The van der Waals surface area contributed by atoms with Gasteiger partial charge in [0, 0.05) is 6.54 Å². The average molecular weight is 232 g/mol. The number of aliphatic carboxylic acids is 1. The molecule has 5 heteroatoms. The maximum Gasteiger partial charge on any atom is 0.325 e. The van der Waals surface area contributed by atoms with Crippen molar-refractivity contribution in [2.24, 2.45) is 0 Å². The summed E-state index contributed by atoms with van der Waals surface area (Å²) in [6.45, 7) is 0.577. The van der Waals surface area contributed by atoms with Crippen molar-refractivity contribution in [1.29, 1.82) is 0 Å². The van der Waals surface area contributed by atoms with E-state index >= 15 is 0 Å². The van der Waals surface area contributed by atoms with Crippen LogP contribution in [0.1, 0.15) is 17.2 Å². The predicted molar refractivity (Wildman–Crippen MR) is 55.7 cm³/mol. The standard InChI is InChI=1S/C10H10FNO2.ClH/c11-7-1-2-8-6(5-7)3-4-12-9(8)10(13)14;/h1-2,5,9,12H,3-4H2,(H,13,14);1H. The molecule has 0 amide bonds. The Morgan fingerprint density at radius 3 is 2.93 bits per heavy atom. The van der Waals surface area contributed by atoms with E-state index in [1.54, 1.807) is 0 Å². The zero-order chi connectivity index (χ0) is 10.1. The molecule has 0 bridgehead atoms. The molecule has 0 aliphatic carbocycles. The van der Waals surface area contributed by atoms with Gasteiger partial charge in [-0.1, -0.05) is 6.07 Å². The van der Waals surface area contributed by atoms with Crippen LogP contribution in [0.5, 0.6) is 0 Å². The number of hydrogen-bond donors (Lipinski definition) is 2. The lowest BCUT2D eigenvalue weighted by Crippen LogP contribution is -2.35. The van der Waals surface area contributed by atoms with Gasteiger partial charge in [-0.2, -0.15) is 0 Å². The van der Waals surface area contributed by atoms with Crippen molar-refractivity contribution in [2.45, 2.75) is 12.5 Å². The van der Waals surface area contributed by atoms with Crippen molar-refractivity contribution in [3.05, 3.63) is 35.1 Å². The van der Waals surface area contributed by atoms with E-state index in [0.29, 0.717) is 18.5 Å². The zero-order valence-electron chi connectivity index (χ0n) is 7.87. The van der Waals surface area contributed by atoms with Crippen molar-refractivity contribution in [3.8, 4) is 0 Å². The summed E-state index contributed by atoms with van der Waals surface area (Å²) >= 11 is 0. The molecule has 1 aromatic carbocycles. The Morgan fingerprint density at radius 1 is 1.53 bits per heavy atom. The van der Waals surface area contributed by atoms with Crippen molar-refractivity contribution in [2.75, 3.05) is 6.54 Å². The highest BCUT2D eigenvalue weighted by molar-refractivity contribution is 5.85. The smallest absolute Gasteiger partial charge is 0.325 e. The third kappa shape index (κ3) is 2.27. The van der Waals surface area contributed by atoms with E-state index in [9.17, 15) is 9.18 Å². The molecule has 1 unspecified atom stereocenters. The van der Waals surface area contributed by atoms with Gasteiger partial charge in [0.25, 0.3) is 0 Å². The average Bonchev–Trinajstić information content (AvgIpc) is 2.16. The molecule has 2 rings (SSSR count). The first-order chi connectivity index (χ1) is 6.68. The summed E-state index contributed by atoms with van der Waals surface area (Å²) in [5.41, 5.74) is 1.46. The third-order valence-electron chi connectivity index (χ3n) is 2.41. The van der Waals surface area contributed by atoms with Crippen LogP contribution in [0.25, 0.3) is 0 Å². The molecule has 0 saturated carbocycles. The molecule has 0 spiro atoms. The largest absolute Gasteiger partial charge is 0.480 e. The van der Waals surface area contributed by atoms with Gasteiger partial charge in [0.05, 0.1) is 0 Å². The molecule has 1 aromatic rings. The Balaban J connectivity index is 0.00000112. The normalized spacial score (nSPS) is 18.9. The Morgan fingerprint density at radius 2 is 2.27 bits per heavy atom. The third-order valence-corrected chi connectivity index (χ3v) is 2.41. The van der Waals surface area contributed by atoms with E-state index < -0.39 is 12.0 Å². The fraction of sp³-hybridized carbons (Fsp3) is 0.300. The molecule has 1 aliphatic rings. The number of rotatable bonds is 1. The van der Waals surface area contributed by atoms with Gasteiger partial charge in [0.2, 0.25) is 0 Å². The van der Waals surface area contributed by atoms with Crippen LogP contribution in [0.15, 0.2) is 18.2 Å². The van der Waals surface area contributed by atoms with Crippen LogP contribution >= 0.6 is 12.4 Å². The van der Waals surface area contributed by atoms with Gasteiger partial charge in [0.1, 0.15) is 11.9 Å².